The van der Waals surface area contributed by atoms with Crippen molar-refractivity contribution in [1.82, 2.24) is 4.57 Å². The number of para-hydroxylation sites is 4. The van der Waals surface area contributed by atoms with Crippen LogP contribution < -0.4 is 4.90 Å². The van der Waals surface area contributed by atoms with Gasteiger partial charge in [0.1, 0.15) is 11.2 Å². The molecule has 0 fully saturated rings. The van der Waals surface area contributed by atoms with Crippen molar-refractivity contribution >= 4 is 60.8 Å². The largest absolute Gasteiger partial charge is 0.456 e. The van der Waals surface area contributed by atoms with Gasteiger partial charge in [-0.1, -0.05) is 127 Å². The fourth-order valence-electron chi connectivity index (χ4n) is 8.45. The first-order valence-corrected chi connectivity index (χ1v) is 19.4. The Morgan fingerprint density at radius 3 is 1.32 bits per heavy atom. The molecule has 0 saturated carbocycles. The molecule has 9 aromatic carbocycles. The number of aromatic nitrogens is 1. The van der Waals surface area contributed by atoms with Crippen LogP contribution in [-0.4, -0.2) is 4.57 Å². The molecule has 0 saturated heterocycles. The van der Waals surface area contributed by atoms with Crippen molar-refractivity contribution in [3.05, 3.63) is 218 Å². The third kappa shape index (κ3) is 5.76. The zero-order chi connectivity index (χ0) is 37.7. The van der Waals surface area contributed by atoms with Gasteiger partial charge in [-0.3, -0.25) is 0 Å². The van der Waals surface area contributed by atoms with Gasteiger partial charge in [-0.05, 0) is 124 Å². The molecule has 0 aliphatic heterocycles. The first kappa shape index (κ1) is 32.8. The van der Waals surface area contributed by atoms with Gasteiger partial charge in [0.2, 0.25) is 0 Å². The summed E-state index contributed by atoms with van der Waals surface area (Å²) in [6.07, 6.45) is 0. The predicted octanol–water partition coefficient (Wildman–Crippen LogP) is 15.2. The van der Waals surface area contributed by atoms with Crippen LogP contribution in [0.15, 0.2) is 223 Å². The standard InChI is InChI=1S/C54H36N2O/c1-3-17-43(18-4-1)55(44-19-5-2-6-20-44)45-28-25-37(26-29-45)38-13-11-14-39(33-38)40-15-12-16-41(34-40)42-27-31-53-49(35-42)50-36-46(30-32-54(50)57-53)56-51-23-9-7-21-47(51)48-22-8-10-24-52(48)56/h1-36H. The second-order valence-corrected chi connectivity index (χ2v) is 14.6. The Kier molecular flexibility index (Phi) is 7.82. The van der Waals surface area contributed by atoms with Gasteiger partial charge in [-0.15, -0.1) is 0 Å². The van der Waals surface area contributed by atoms with Crippen molar-refractivity contribution < 1.29 is 4.42 Å². The SMILES string of the molecule is c1ccc(N(c2ccccc2)c2ccc(-c3cccc(-c4cccc(-c5ccc6oc7ccc(-n8c9ccccc9c9ccccc98)cc7c6c5)c4)c3)cc2)cc1. The summed E-state index contributed by atoms with van der Waals surface area (Å²) in [4.78, 5) is 2.29. The Balaban J connectivity index is 0.926. The molecule has 2 aromatic heterocycles. The van der Waals surface area contributed by atoms with Gasteiger partial charge in [0.15, 0.2) is 0 Å². The van der Waals surface area contributed by atoms with Gasteiger partial charge < -0.3 is 13.9 Å². The van der Waals surface area contributed by atoms with Crippen LogP contribution in [0.5, 0.6) is 0 Å². The van der Waals surface area contributed by atoms with Crippen LogP contribution in [0, 0.1) is 0 Å². The van der Waals surface area contributed by atoms with Gasteiger partial charge in [0.05, 0.1) is 11.0 Å². The Hall–Kier alpha value is -7.62. The molecule has 0 radical (unpaired) electrons. The number of furan rings is 1. The molecule has 0 bridgehead atoms. The third-order valence-corrected chi connectivity index (χ3v) is 11.2. The maximum Gasteiger partial charge on any atom is 0.135 e. The minimum Gasteiger partial charge on any atom is -0.456 e. The lowest BCUT2D eigenvalue weighted by molar-refractivity contribution is 0.669. The Morgan fingerprint density at radius 2 is 0.737 bits per heavy atom. The molecule has 57 heavy (non-hydrogen) atoms. The molecule has 0 N–H and O–H groups in total. The predicted molar refractivity (Wildman–Crippen MR) is 239 cm³/mol. The fraction of sp³-hybridized carbons (Fsp3) is 0. The second kappa shape index (κ2) is 13.6. The van der Waals surface area contributed by atoms with E-state index >= 15 is 0 Å². The van der Waals surface area contributed by atoms with E-state index < -0.39 is 0 Å². The second-order valence-electron chi connectivity index (χ2n) is 14.6. The van der Waals surface area contributed by atoms with Crippen LogP contribution >= 0.6 is 0 Å². The number of rotatable bonds is 7. The molecule has 268 valence electrons. The highest BCUT2D eigenvalue weighted by atomic mass is 16.3. The van der Waals surface area contributed by atoms with E-state index in [1.165, 1.54) is 49.6 Å². The average Bonchev–Trinajstić information content (AvgIpc) is 3.82. The Bertz CT molecular complexity index is 3140. The van der Waals surface area contributed by atoms with Crippen molar-refractivity contribution in [2.45, 2.75) is 0 Å². The fourth-order valence-corrected chi connectivity index (χ4v) is 8.45. The zero-order valence-electron chi connectivity index (χ0n) is 31.1. The summed E-state index contributed by atoms with van der Waals surface area (Å²) in [6.45, 7) is 0. The number of benzene rings is 9. The molecule has 0 unspecified atom stereocenters. The first-order chi connectivity index (χ1) is 28.2. The minimum atomic E-state index is 0.887. The maximum atomic E-state index is 6.39. The van der Waals surface area contributed by atoms with E-state index in [-0.39, 0.29) is 0 Å². The molecular formula is C54H36N2O. The van der Waals surface area contributed by atoms with E-state index in [9.17, 15) is 0 Å². The average molecular weight is 729 g/mol. The topological polar surface area (TPSA) is 21.3 Å². The highest BCUT2D eigenvalue weighted by Crippen LogP contribution is 2.39. The van der Waals surface area contributed by atoms with Crippen molar-refractivity contribution in [1.29, 1.82) is 0 Å². The summed E-state index contributed by atoms with van der Waals surface area (Å²) in [7, 11) is 0. The Labute approximate surface area is 330 Å². The van der Waals surface area contributed by atoms with E-state index in [1.807, 2.05) is 0 Å². The van der Waals surface area contributed by atoms with Gasteiger partial charge in [0.25, 0.3) is 0 Å². The highest BCUT2D eigenvalue weighted by molar-refractivity contribution is 6.11. The zero-order valence-corrected chi connectivity index (χ0v) is 31.1. The van der Waals surface area contributed by atoms with E-state index in [0.717, 1.165) is 50.3 Å². The van der Waals surface area contributed by atoms with Gasteiger partial charge in [-0.2, -0.15) is 0 Å². The molecule has 0 atom stereocenters. The van der Waals surface area contributed by atoms with Crippen molar-refractivity contribution in [3.63, 3.8) is 0 Å². The summed E-state index contributed by atoms with van der Waals surface area (Å²) >= 11 is 0. The Morgan fingerprint density at radius 1 is 0.298 bits per heavy atom. The van der Waals surface area contributed by atoms with E-state index in [0.29, 0.717) is 0 Å². The van der Waals surface area contributed by atoms with E-state index in [4.69, 9.17) is 4.42 Å². The maximum absolute atomic E-state index is 6.39. The van der Waals surface area contributed by atoms with Crippen LogP contribution in [0.25, 0.3) is 82.8 Å². The van der Waals surface area contributed by atoms with E-state index in [2.05, 4.69) is 228 Å². The third-order valence-electron chi connectivity index (χ3n) is 11.2. The minimum absolute atomic E-state index is 0.887. The smallest absolute Gasteiger partial charge is 0.135 e. The molecule has 0 amide bonds. The molecule has 0 aliphatic carbocycles. The molecule has 0 spiro atoms. The number of fused-ring (bicyclic) bond motifs is 6. The lowest BCUT2D eigenvalue weighted by Crippen LogP contribution is -2.09. The lowest BCUT2D eigenvalue weighted by Gasteiger charge is -2.25. The van der Waals surface area contributed by atoms with Crippen molar-refractivity contribution in [3.8, 4) is 39.1 Å². The molecule has 3 heteroatoms. The quantitative estimate of drug-likeness (QED) is 0.163. The summed E-state index contributed by atoms with van der Waals surface area (Å²) in [5.41, 5.74) is 15.7. The van der Waals surface area contributed by atoms with Gasteiger partial charge >= 0.3 is 0 Å². The van der Waals surface area contributed by atoms with Crippen molar-refractivity contribution in [2.24, 2.45) is 0 Å². The van der Waals surface area contributed by atoms with Crippen LogP contribution in [0.4, 0.5) is 17.1 Å². The van der Waals surface area contributed by atoms with Gasteiger partial charge in [-0.25, -0.2) is 0 Å². The van der Waals surface area contributed by atoms with Crippen LogP contribution in [0.3, 0.4) is 0 Å². The highest BCUT2D eigenvalue weighted by Gasteiger charge is 2.16. The number of nitrogens with zero attached hydrogens (tertiary/aromatic N) is 2. The molecule has 11 rings (SSSR count). The summed E-state index contributed by atoms with van der Waals surface area (Å²) < 4.78 is 8.76. The molecule has 3 nitrogen and oxygen atoms in total. The molecule has 2 heterocycles. The summed E-state index contributed by atoms with van der Waals surface area (Å²) in [5, 5.41) is 4.73. The lowest BCUT2D eigenvalue weighted by atomic mass is 9.95. The summed E-state index contributed by atoms with van der Waals surface area (Å²) in [6, 6.07) is 78.0. The molecule has 11 aromatic rings. The number of anilines is 3. The monoisotopic (exact) mass is 728 g/mol. The molecular weight excluding hydrogens is 693 g/mol. The van der Waals surface area contributed by atoms with E-state index in [1.54, 1.807) is 0 Å². The number of hydrogen-bond acceptors (Lipinski definition) is 2. The van der Waals surface area contributed by atoms with Gasteiger partial charge in [0, 0.05) is 44.3 Å². The normalized spacial score (nSPS) is 11.5. The molecule has 0 aliphatic rings. The van der Waals surface area contributed by atoms with Crippen LogP contribution in [0.1, 0.15) is 0 Å². The first-order valence-electron chi connectivity index (χ1n) is 19.4. The van der Waals surface area contributed by atoms with Crippen molar-refractivity contribution in [2.75, 3.05) is 4.90 Å². The van der Waals surface area contributed by atoms with Crippen LogP contribution in [-0.2, 0) is 0 Å². The van der Waals surface area contributed by atoms with Crippen LogP contribution in [0.2, 0.25) is 0 Å². The number of hydrogen-bond donors (Lipinski definition) is 0. The summed E-state index contributed by atoms with van der Waals surface area (Å²) in [5.74, 6) is 0.